The summed E-state index contributed by atoms with van der Waals surface area (Å²) in [7, 11) is 0. The van der Waals surface area contributed by atoms with Crippen LogP contribution in [0.5, 0.6) is 0 Å². The fourth-order valence-electron chi connectivity index (χ4n) is 2.04. The van der Waals surface area contributed by atoms with Crippen LogP contribution >= 0.6 is 0 Å². The lowest BCUT2D eigenvalue weighted by Crippen LogP contribution is -2.39. The van der Waals surface area contributed by atoms with E-state index in [1.54, 1.807) is 6.26 Å². The van der Waals surface area contributed by atoms with Crippen molar-refractivity contribution in [3.05, 3.63) is 24.2 Å². The summed E-state index contributed by atoms with van der Waals surface area (Å²) in [6.07, 6.45) is 5.10. The van der Waals surface area contributed by atoms with Crippen LogP contribution in [0.4, 0.5) is 0 Å². The molecule has 2 heteroatoms. The van der Waals surface area contributed by atoms with Gasteiger partial charge in [-0.1, -0.05) is 20.8 Å². The van der Waals surface area contributed by atoms with Crippen molar-refractivity contribution in [3.63, 3.8) is 0 Å². The van der Waals surface area contributed by atoms with Crippen LogP contribution < -0.4 is 5.32 Å². The van der Waals surface area contributed by atoms with Crippen LogP contribution in [-0.4, -0.2) is 12.1 Å². The molecule has 0 saturated heterocycles. The Morgan fingerprint density at radius 2 is 2.06 bits per heavy atom. The van der Waals surface area contributed by atoms with Crippen molar-refractivity contribution < 1.29 is 4.42 Å². The summed E-state index contributed by atoms with van der Waals surface area (Å²) in [6.45, 7) is 9.06. The molecule has 0 spiro atoms. The van der Waals surface area contributed by atoms with E-state index in [1.165, 1.54) is 6.42 Å². The van der Waals surface area contributed by atoms with Gasteiger partial charge in [0.15, 0.2) is 0 Å². The number of furan rings is 1. The van der Waals surface area contributed by atoms with Gasteiger partial charge in [0, 0.05) is 18.5 Å². The number of hydrogen-bond donors (Lipinski definition) is 1. The maximum atomic E-state index is 5.33. The highest BCUT2D eigenvalue weighted by atomic mass is 16.3. The predicted molar refractivity (Wildman–Crippen MR) is 68.5 cm³/mol. The van der Waals surface area contributed by atoms with E-state index in [0.29, 0.717) is 18.0 Å². The van der Waals surface area contributed by atoms with E-state index in [9.17, 15) is 0 Å². The molecular weight excluding hydrogens is 198 g/mol. The van der Waals surface area contributed by atoms with Crippen molar-refractivity contribution >= 4 is 0 Å². The first-order chi connectivity index (χ1) is 7.63. The molecule has 2 atom stereocenters. The molecule has 2 unspecified atom stereocenters. The molecule has 1 rings (SSSR count). The average Bonchev–Trinajstić information content (AvgIpc) is 2.75. The van der Waals surface area contributed by atoms with Gasteiger partial charge >= 0.3 is 0 Å². The van der Waals surface area contributed by atoms with Gasteiger partial charge < -0.3 is 9.73 Å². The first-order valence-corrected chi connectivity index (χ1v) is 6.42. The first kappa shape index (κ1) is 13.3. The Balaban J connectivity index is 2.27. The molecular formula is C14H25NO. The Kier molecular flexibility index (Phi) is 5.61. The van der Waals surface area contributed by atoms with Crippen molar-refractivity contribution in [2.24, 2.45) is 5.92 Å². The standard InChI is InChI=1S/C14H25NO/c1-5-14(11(2)3)15-12(4)8-9-13-7-6-10-16-13/h6-7,10-12,14-15H,5,8-9H2,1-4H3. The van der Waals surface area contributed by atoms with E-state index in [0.717, 1.165) is 18.6 Å². The smallest absolute Gasteiger partial charge is 0.103 e. The van der Waals surface area contributed by atoms with Gasteiger partial charge in [-0.2, -0.15) is 0 Å². The minimum Gasteiger partial charge on any atom is -0.469 e. The van der Waals surface area contributed by atoms with Crippen molar-refractivity contribution in [2.45, 2.75) is 59.0 Å². The summed E-state index contributed by atoms with van der Waals surface area (Å²) in [5.41, 5.74) is 0. The molecule has 0 amide bonds. The molecule has 0 aliphatic rings. The molecule has 1 heterocycles. The summed E-state index contributed by atoms with van der Waals surface area (Å²) in [5.74, 6) is 1.79. The topological polar surface area (TPSA) is 25.2 Å². The largest absolute Gasteiger partial charge is 0.469 e. The Bertz CT molecular complexity index is 266. The van der Waals surface area contributed by atoms with Gasteiger partial charge in [0.25, 0.3) is 0 Å². The van der Waals surface area contributed by atoms with Crippen LogP contribution in [0.25, 0.3) is 0 Å². The quantitative estimate of drug-likeness (QED) is 0.763. The molecule has 0 aliphatic carbocycles. The van der Waals surface area contributed by atoms with E-state index < -0.39 is 0 Å². The van der Waals surface area contributed by atoms with E-state index in [-0.39, 0.29) is 0 Å². The van der Waals surface area contributed by atoms with Gasteiger partial charge in [0.2, 0.25) is 0 Å². The molecule has 0 fully saturated rings. The zero-order chi connectivity index (χ0) is 12.0. The predicted octanol–water partition coefficient (Wildman–Crippen LogP) is 3.62. The van der Waals surface area contributed by atoms with Crippen molar-refractivity contribution in [2.75, 3.05) is 0 Å². The Labute approximate surface area is 99.4 Å². The third kappa shape index (κ3) is 4.40. The van der Waals surface area contributed by atoms with Gasteiger partial charge in [-0.3, -0.25) is 0 Å². The molecule has 0 bridgehead atoms. The van der Waals surface area contributed by atoms with Gasteiger partial charge in [-0.25, -0.2) is 0 Å². The minimum atomic E-state index is 0.553. The molecule has 0 radical (unpaired) electrons. The molecule has 1 aromatic rings. The monoisotopic (exact) mass is 223 g/mol. The SMILES string of the molecule is CCC(NC(C)CCc1ccco1)C(C)C. The molecule has 1 aromatic heterocycles. The maximum Gasteiger partial charge on any atom is 0.103 e. The molecule has 0 aromatic carbocycles. The molecule has 0 aliphatic heterocycles. The maximum absolute atomic E-state index is 5.33. The Morgan fingerprint density at radius 3 is 2.56 bits per heavy atom. The summed E-state index contributed by atoms with van der Waals surface area (Å²) in [5, 5.41) is 3.69. The second kappa shape index (κ2) is 6.74. The summed E-state index contributed by atoms with van der Waals surface area (Å²) in [6, 6.07) is 5.19. The lowest BCUT2D eigenvalue weighted by Gasteiger charge is -2.25. The van der Waals surface area contributed by atoms with Gasteiger partial charge in [0.05, 0.1) is 6.26 Å². The second-order valence-electron chi connectivity index (χ2n) is 4.94. The van der Waals surface area contributed by atoms with Gasteiger partial charge in [0.1, 0.15) is 5.76 Å². The number of rotatable bonds is 7. The van der Waals surface area contributed by atoms with Crippen molar-refractivity contribution in [1.29, 1.82) is 0 Å². The molecule has 1 N–H and O–H groups in total. The second-order valence-corrected chi connectivity index (χ2v) is 4.94. The van der Waals surface area contributed by atoms with Crippen molar-refractivity contribution in [1.82, 2.24) is 5.32 Å². The molecule has 0 saturated carbocycles. The average molecular weight is 223 g/mol. The van der Waals surface area contributed by atoms with E-state index in [1.807, 2.05) is 12.1 Å². The van der Waals surface area contributed by atoms with Crippen LogP contribution in [-0.2, 0) is 6.42 Å². The first-order valence-electron chi connectivity index (χ1n) is 6.42. The third-order valence-corrected chi connectivity index (χ3v) is 3.15. The number of hydrogen-bond acceptors (Lipinski definition) is 2. The summed E-state index contributed by atoms with van der Waals surface area (Å²) >= 11 is 0. The molecule has 92 valence electrons. The highest BCUT2D eigenvalue weighted by molar-refractivity contribution is 4.98. The normalized spacial score (nSPS) is 15.3. The number of aryl methyl sites for hydroxylation is 1. The van der Waals surface area contributed by atoms with Crippen molar-refractivity contribution in [3.8, 4) is 0 Å². The zero-order valence-corrected chi connectivity index (χ0v) is 11.0. The van der Waals surface area contributed by atoms with Crippen LogP contribution in [0.3, 0.4) is 0 Å². The highest BCUT2D eigenvalue weighted by Gasteiger charge is 2.13. The van der Waals surface area contributed by atoms with E-state index in [2.05, 4.69) is 33.0 Å². The summed E-state index contributed by atoms with van der Waals surface area (Å²) < 4.78 is 5.33. The lowest BCUT2D eigenvalue weighted by atomic mass is 10.00. The molecule has 2 nitrogen and oxygen atoms in total. The van der Waals surface area contributed by atoms with Crippen LogP contribution in [0.15, 0.2) is 22.8 Å². The minimum absolute atomic E-state index is 0.553. The zero-order valence-electron chi connectivity index (χ0n) is 11.0. The molecule has 16 heavy (non-hydrogen) atoms. The fraction of sp³-hybridized carbons (Fsp3) is 0.714. The van der Waals surface area contributed by atoms with E-state index in [4.69, 9.17) is 4.42 Å². The van der Waals surface area contributed by atoms with Crippen LogP contribution in [0, 0.1) is 5.92 Å². The lowest BCUT2D eigenvalue weighted by molar-refractivity contribution is 0.339. The Hall–Kier alpha value is -0.760. The fourth-order valence-corrected chi connectivity index (χ4v) is 2.04. The van der Waals surface area contributed by atoms with Crippen LogP contribution in [0.1, 0.15) is 46.3 Å². The number of nitrogens with one attached hydrogen (secondary N) is 1. The van der Waals surface area contributed by atoms with Gasteiger partial charge in [-0.05, 0) is 37.8 Å². The third-order valence-electron chi connectivity index (χ3n) is 3.15. The van der Waals surface area contributed by atoms with Crippen LogP contribution in [0.2, 0.25) is 0 Å². The Morgan fingerprint density at radius 1 is 1.31 bits per heavy atom. The van der Waals surface area contributed by atoms with Gasteiger partial charge in [-0.15, -0.1) is 0 Å². The summed E-state index contributed by atoms with van der Waals surface area (Å²) in [4.78, 5) is 0. The highest BCUT2D eigenvalue weighted by Crippen LogP contribution is 2.10. The van der Waals surface area contributed by atoms with E-state index >= 15 is 0 Å².